The fraction of sp³-hybridized carbons (Fsp3) is 0.455. The van der Waals surface area contributed by atoms with Gasteiger partial charge in [0.15, 0.2) is 0 Å². The minimum absolute atomic E-state index is 0.651. The van der Waals surface area contributed by atoms with E-state index in [0.29, 0.717) is 10.3 Å². The molecule has 0 aromatic heterocycles. The lowest BCUT2D eigenvalue weighted by Crippen LogP contribution is -1.99. The number of thioether (sulfide) groups is 1. The van der Waals surface area contributed by atoms with Crippen LogP contribution in [0.15, 0.2) is 23.1 Å². The highest BCUT2D eigenvalue weighted by Crippen LogP contribution is 2.33. The van der Waals surface area contributed by atoms with Crippen LogP contribution in [0.2, 0.25) is 5.02 Å². The molecule has 0 heterocycles. The molecule has 0 unspecified atom stereocenters. The average Bonchev–Trinajstić information content (AvgIpc) is 2.17. The van der Waals surface area contributed by atoms with Gasteiger partial charge < -0.3 is 5.73 Å². The third-order valence-electron chi connectivity index (χ3n) is 2.18. The molecule has 0 aliphatic carbocycles. The minimum atomic E-state index is 0.651. The largest absolute Gasteiger partial charge is 0.398 e. The number of rotatable bonds is 4. The third-order valence-corrected chi connectivity index (χ3v) is 4.04. The Morgan fingerprint density at radius 2 is 2.00 bits per heavy atom. The molecule has 3 heteroatoms. The molecule has 0 saturated heterocycles. The van der Waals surface area contributed by atoms with Gasteiger partial charge in [0.25, 0.3) is 0 Å². The molecule has 14 heavy (non-hydrogen) atoms. The second-order valence-electron chi connectivity index (χ2n) is 3.24. The highest BCUT2D eigenvalue weighted by molar-refractivity contribution is 8.00. The molecule has 0 saturated carbocycles. The van der Waals surface area contributed by atoms with E-state index in [1.54, 1.807) is 0 Å². The predicted octanol–water partition coefficient (Wildman–Crippen LogP) is 4.20. The van der Waals surface area contributed by atoms with Crippen LogP contribution in [0.3, 0.4) is 0 Å². The summed E-state index contributed by atoms with van der Waals surface area (Å²) in [7, 11) is 0. The van der Waals surface area contributed by atoms with E-state index < -0.39 is 0 Å². The van der Waals surface area contributed by atoms with Crippen molar-refractivity contribution in [3.05, 3.63) is 23.2 Å². The number of nitrogen functional groups attached to an aromatic ring is 1. The summed E-state index contributed by atoms with van der Waals surface area (Å²) >= 11 is 7.67. The monoisotopic (exact) mass is 229 g/mol. The summed E-state index contributed by atoms with van der Waals surface area (Å²) in [6.07, 6.45) is 2.34. The number of hydrogen-bond acceptors (Lipinski definition) is 2. The molecule has 0 aliphatic heterocycles. The highest BCUT2D eigenvalue weighted by atomic mass is 35.5. The number of hydrogen-bond donors (Lipinski definition) is 1. The second-order valence-corrected chi connectivity index (χ2v) is 5.02. The summed E-state index contributed by atoms with van der Waals surface area (Å²) < 4.78 is 0. The van der Waals surface area contributed by atoms with E-state index >= 15 is 0 Å². The van der Waals surface area contributed by atoms with E-state index in [0.717, 1.165) is 10.6 Å². The van der Waals surface area contributed by atoms with Crippen LogP contribution < -0.4 is 5.73 Å². The van der Waals surface area contributed by atoms with Crippen molar-refractivity contribution in [1.29, 1.82) is 0 Å². The van der Waals surface area contributed by atoms with Crippen molar-refractivity contribution in [1.82, 2.24) is 0 Å². The standard InChI is InChI=1S/C11H16ClNS/c1-3-9(4-2)14-11-6-5-8(12)7-10(11)13/h5-7,9H,3-4,13H2,1-2H3. The highest BCUT2D eigenvalue weighted by Gasteiger charge is 2.08. The van der Waals surface area contributed by atoms with Gasteiger partial charge >= 0.3 is 0 Å². The van der Waals surface area contributed by atoms with Crippen molar-refractivity contribution in [2.75, 3.05) is 5.73 Å². The summed E-state index contributed by atoms with van der Waals surface area (Å²) in [5.41, 5.74) is 6.66. The summed E-state index contributed by atoms with van der Waals surface area (Å²) in [4.78, 5) is 1.14. The molecule has 0 atom stereocenters. The Labute approximate surface area is 95.0 Å². The van der Waals surface area contributed by atoms with Gasteiger partial charge in [-0.3, -0.25) is 0 Å². The fourth-order valence-electron chi connectivity index (χ4n) is 1.26. The molecule has 1 nitrogen and oxygen atoms in total. The molecule has 78 valence electrons. The molecular formula is C11H16ClNS. The van der Waals surface area contributed by atoms with E-state index in [2.05, 4.69) is 13.8 Å². The topological polar surface area (TPSA) is 26.0 Å². The maximum Gasteiger partial charge on any atom is 0.0467 e. The van der Waals surface area contributed by atoms with Crippen LogP contribution in [0.5, 0.6) is 0 Å². The van der Waals surface area contributed by atoms with Crippen molar-refractivity contribution < 1.29 is 0 Å². The van der Waals surface area contributed by atoms with Crippen LogP contribution in [0.25, 0.3) is 0 Å². The Hall–Kier alpha value is -0.340. The Kier molecular flexibility index (Phi) is 4.63. The molecule has 1 rings (SSSR count). The van der Waals surface area contributed by atoms with Crippen LogP contribution in [0.1, 0.15) is 26.7 Å². The molecule has 0 aliphatic rings. The third kappa shape index (κ3) is 3.10. The average molecular weight is 230 g/mol. The lowest BCUT2D eigenvalue weighted by atomic mass is 10.3. The Bertz CT molecular complexity index is 297. The number of benzene rings is 1. The summed E-state index contributed by atoms with van der Waals surface area (Å²) in [6, 6.07) is 5.70. The summed E-state index contributed by atoms with van der Waals surface area (Å²) in [5, 5.41) is 1.36. The van der Waals surface area contributed by atoms with E-state index in [-0.39, 0.29) is 0 Å². The minimum Gasteiger partial charge on any atom is -0.398 e. The fourth-order valence-corrected chi connectivity index (χ4v) is 2.48. The van der Waals surface area contributed by atoms with Crippen LogP contribution in [0.4, 0.5) is 5.69 Å². The molecular weight excluding hydrogens is 214 g/mol. The van der Waals surface area contributed by atoms with E-state index in [9.17, 15) is 0 Å². The van der Waals surface area contributed by atoms with Crippen molar-refractivity contribution >= 4 is 29.1 Å². The SMILES string of the molecule is CCC(CC)Sc1ccc(Cl)cc1N. The molecule has 0 fully saturated rings. The molecule has 1 aromatic rings. The van der Waals surface area contributed by atoms with Gasteiger partial charge in [-0.1, -0.05) is 25.4 Å². The first kappa shape index (κ1) is 11.7. The zero-order valence-electron chi connectivity index (χ0n) is 8.59. The lowest BCUT2D eigenvalue weighted by Gasteiger charge is -2.13. The first-order chi connectivity index (χ1) is 6.67. The van der Waals surface area contributed by atoms with Crippen molar-refractivity contribution in [2.45, 2.75) is 36.8 Å². The lowest BCUT2D eigenvalue weighted by molar-refractivity contribution is 0.792. The van der Waals surface area contributed by atoms with Crippen LogP contribution in [0, 0.1) is 0 Å². The normalized spacial score (nSPS) is 10.9. The van der Waals surface area contributed by atoms with E-state index in [1.807, 2.05) is 30.0 Å². The molecule has 1 aromatic carbocycles. The summed E-state index contributed by atoms with van der Waals surface area (Å²) in [6.45, 7) is 4.40. The smallest absolute Gasteiger partial charge is 0.0467 e. The zero-order chi connectivity index (χ0) is 10.6. The van der Waals surface area contributed by atoms with Gasteiger partial charge in [0.1, 0.15) is 0 Å². The van der Waals surface area contributed by atoms with Crippen LogP contribution in [-0.4, -0.2) is 5.25 Å². The van der Waals surface area contributed by atoms with Crippen molar-refractivity contribution in [3.63, 3.8) is 0 Å². The first-order valence-electron chi connectivity index (χ1n) is 4.89. The molecule has 0 spiro atoms. The van der Waals surface area contributed by atoms with Gasteiger partial charge in [0.05, 0.1) is 0 Å². The predicted molar refractivity (Wildman–Crippen MR) is 66.1 cm³/mol. The van der Waals surface area contributed by atoms with Crippen molar-refractivity contribution in [3.8, 4) is 0 Å². The molecule has 0 radical (unpaired) electrons. The first-order valence-corrected chi connectivity index (χ1v) is 6.14. The molecule has 2 N–H and O–H groups in total. The van der Waals surface area contributed by atoms with Gasteiger partial charge in [-0.15, -0.1) is 11.8 Å². The Balaban J connectivity index is 2.76. The second kappa shape index (κ2) is 5.52. The van der Waals surface area contributed by atoms with E-state index in [4.69, 9.17) is 17.3 Å². The van der Waals surface area contributed by atoms with E-state index in [1.165, 1.54) is 12.8 Å². The number of anilines is 1. The van der Waals surface area contributed by atoms with Gasteiger partial charge in [0, 0.05) is 20.9 Å². The van der Waals surface area contributed by atoms with Crippen molar-refractivity contribution in [2.24, 2.45) is 0 Å². The maximum atomic E-state index is 5.87. The Morgan fingerprint density at radius 1 is 1.36 bits per heavy atom. The summed E-state index contributed by atoms with van der Waals surface area (Å²) in [5.74, 6) is 0. The van der Waals surface area contributed by atoms with Gasteiger partial charge in [0.2, 0.25) is 0 Å². The van der Waals surface area contributed by atoms with Gasteiger partial charge in [-0.2, -0.15) is 0 Å². The van der Waals surface area contributed by atoms with Gasteiger partial charge in [-0.25, -0.2) is 0 Å². The molecule has 0 bridgehead atoms. The molecule has 0 amide bonds. The van der Waals surface area contributed by atoms with Gasteiger partial charge in [-0.05, 0) is 31.0 Å². The number of nitrogens with two attached hydrogens (primary N) is 1. The quantitative estimate of drug-likeness (QED) is 0.619. The number of halogens is 1. The zero-order valence-corrected chi connectivity index (χ0v) is 10.2. The Morgan fingerprint density at radius 3 is 2.50 bits per heavy atom. The van der Waals surface area contributed by atoms with Crippen LogP contribution >= 0.6 is 23.4 Å². The van der Waals surface area contributed by atoms with Crippen LogP contribution in [-0.2, 0) is 0 Å². The maximum absolute atomic E-state index is 5.87.